The van der Waals surface area contributed by atoms with Crippen LogP contribution in [0.1, 0.15) is 20.7 Å². The molecule has 6 nitrogen and oxygen atoms in total. The molecule has 1 aliphatic rings. The number of hydrogen-bond acceptors (Lipinski definition) is 3. The van der Waals surface area contributed by atoms with Crippen LogP contribution in [-0.2, 0) is 0 Å². The van der Waals surface area contributed by atoms with Gasteiger partial charge >= 0.3 is 6.03 Å². The molecular formula is C16H12BrN3O3. The first-order valence-corrected chi connectivity index (χ1v) is 7.61. The van der Waals surface area contributed by atoms with Crippen molar-refractivity contribution in [1.82, 2.24) is 10.2 Å². The van der Waals surface area contributed by atoms with Gasteiger partial charge in [0.15, 0.2) is 0 Å². The Hall–Kier alpha value is -2.67. The summed E-state index contributed by atoms with van der Waals surface area (Å²) in [5.41, 5.74) is 1.31. The van der Waals surface area contributed by atoms with Gasteiger partial charge in [-0.3, -0.25) is 14.5 Å². The third-order valence-corrected chi connectivity index (χ3v) is 3.91. The van der Waals surface area contributed by atoms with Crippen LogP contribution in [0.25, 0.3) is 0 Å². The Labute approximate surface area is 140 Å². The fourth-order valence-electron chi connectivity index (χ4n) is 2.24. The van der Waals surface area contributed by atoms with E-state index in [4.69, 9.17) is 0 Å². The molecular weight excluding hydrogens is 362 g/mol. The number of urea groups is 1. The number of fused-ring (bicyclic) bond motifs is 1. The molecule has 2 N–H and O–H groups in total. The number of imide groups is 1. The summed E-state index contributed by atoms with van der Waals surface area (Å²) in [5, 5.41) is 5.13. The number of halogens is 1. The van der Waals surface area contributed by atoms with Crippen molar-refractivity contribution < 1.29 is 14.4 Å². The number of rotatable bonds is 3. The van der Waals surface area contributed by atoms with E-state index >= 15 is 0 Å². The normalized spacial score (nSPS) is 13.0. The number of benzene rings is 2. The van der Waals surface area contributed by atoms with E-state index in [2.05, 4.69) is 26.6 Å². The van der Waals surface area contributed by atoms with E-state index < -0.39 is 17.8 Å². The van der Waals surface area contributed by atoms with Gasteiger partial charge in [0.05, 0.1) is 11.1 Å². The highest BCUT2D eigenvalue weighted by Crippen LogP contribution is 2.21. The molecule has 1 heterocycles. The number of amides is 4. The molecule has 0 saturated carbocycles. The van der Waals surface area contributed by atoms with Gasteiger partial charge in [0.2, 0.25) is 0 Å². The summed E-state index contributed by atoms with van der Waals surface area (Å²) in [4.78, 5) is 37.2. The van der Waals surface area contributed by atoms with Crippen LogP contribution in [0.4, 0.5) is 10.5 Å². The molecule has 0 aliphatic carbocycles. The van der Waals surface area contributed by atoms with Gasteiger partial charge in [0.25, 0.3) is 11.8 Å². The van der Waals surface area contributed by atoms with Crippen LogP contribution in [0.3, 0.4) is 0 Å². The largest absolute Gasteiger partial charge is 0.320 e. The number of nitrogens with one attached hydrogen (secondary N) is 2. The third kappa shape index (κ3) is 3.09. The number of carbonyl (C=O) groups excluding carboxylic acids is 3. The van der Waals surface area contributed by atoms with Crippen LogP contribution in [0.5, 0.6) is 0 Å². The van der Waals surface area contributed by atoms with Crippen LogP contribution in [0.2, 0.25) is 0 Å². The van der Waals surface area contributed by atoms with Gasteiger partial charge in [-0.25, -0.2) is 4.79 Å². The maximum Gasteiger partial charge on any atom is 0.320 e. The van der Waals surface area contributed by atoms with Crippen molar-refractivity contribution in [2.75, 3.05) is 12.0 Å². The van der Waals surface area contributed by atoms with E-state index in [0.717, 1.165) is 9.37 Å². The van der Waals surface area contributed by atoms with Crippen LogP contribution < -0.4 is 10.6 Å². The Morgan fingerprint density at radius 3 is 2.09 bits per heavy atom. The molecule has 0 atom stereocenters. The van der Waals surface area contributed by atoms with Gasteiger partial charge in [-0.05, 0) is 36.4 Å². The first kappa shape index (κ1) is 15.2. The monoisotopic (exact) mass is 373 g/mol. The number of anilines is 1. The molecule has 0 unspecified atom stereocenters. The van der Waals surface area contributed by atoms with E-state index in [1.807, 2.05) is 0 Å². The standard InChI is InChI=1S/C16H12BrN3O3/c17-10-5-7-11(8-6-10)19-16(23)18-9-20-14(21)12-3-1-2-4-13(12)15(20)22/h1-8H,9H2,(H2,18,19,23). The highest BCUT2D eigenvalue weighted by atomic mass is 79.9. The third-order valence-electron chi connectivity index (χ3n) is 3.38. The van der Waals surface area contributed by atoms with E-state index in [9.17, 15) is 14.4 Å². The van der Waals surface area contributed by atoms with Gasteiger partial charge in [0, 0.05) is 10.2 Å². The van der Waals surface area contributed by atoms with Crippen molar-refractivity contribution >= 4 is 39.5 Å². The first-order valence-electron chi connectivity index (χ1n) is 6.82. The second kappa shape index (κ2) is 6.21. The molecule has 0 saturated heterocycles. The summed E-state index contributed by atoms with van der Waals surface area (Å²) in [7, 11) is 0. The molecule has 116 valence electrons. The van der Waals surface area contributed by atoms with Crippen molar-refractivity contribution in [2.45, 2.75) is 0 Å². The maximum absolute atomic E-state index is 12.1. The van der Waals surface area contributed by atoms with Crippen LogP contribution in [0, 0.1) is 0 Å². The predicted octanol–water partition coefficient (Wildman–Crippen LogP) is 2.82. The molecule has 0 aromatic heterocycles. The van der Waals surface area contributed by atoms with Crippen LogP contribution >= 0.6 is 15.9 Å². The van der Waals surface area contributed by atoms with Gasteiger partial charge in [0.1, 0.15) is 6.67 Å². The minimum absolute atomic E-state index is 0.186. The Morgan fingerprint density at radius 1 is 0.957 bits per heavy atom. The lowest BCUT2D eigenvalue weighted by Crippen LogP contribution is -2.42. The Bertz CT molecular complexity index is 754. The lowest BCUT2D eigenvalue weighted by atomic mass is 10.1. The highest BCUT2D eigenvalue weighted by molar-refractivity contribution is 9.10. The SMILES string of the molecule is O=C(NCN1C(=O)c2ccccc2C1=O)Nc1ccc(Br)cc1. The average Bonchev–Trinajstić information content (AvgIpc) is 2.80. The second-order valence-corrected chi connectivity index (χ2v) is 5.80. The van der Waals surface area contributed by atoms with Crippen molar-refractivity contribution in [2.24, 2.45) is 0 Å². The molecule has 23 heavy (non-hydrogen) atoms. The summed E-state index contributed by atoms with van der Waals surface area (Å²) >= 11 is 3.30. The van der Waals surface area contributed by atoms with Crippen LogP contribution in [0.15, 0.2) is 53.0 Å². The van der Waals surface area contributed by atoms with Gasteiger partial charge in [-0.15, -0.1) is 0 Å². The Kier molecular flexibility index (Phi) is 4.12. The lowest BCUT2D eigenvalue weighted by molar-refractivity contribution is 0.0648. The molecule has 0 fully saturated rings. The Morgan fingerprint density at radius 2 is 1.52 bits per heavy atom. The topological polar surface area (TPSA) is 78.5 Å². The minimum atomic E-state index is -0.496. The predicted molar refractivity (Wildman–Crippen MR) is 88.1 cm³/mol. The van der Waals surface area contributed by atoms with E-state index in [0.29, 0.717) is 16.8 Å². The van der Waals surface area contributed by atoms with E-state index in [1.54, 1.807) is 48.5 Å². The zero-order chi connectivity index (χ0) is 16.4. The first-order chi connectivity index (χ1) is 11.1. The van der Waals surface area contributed by atoms with E-state index in [-0.39, 0.29) is 6.67 Å². The zero-order valence-corrected chi connectivity index (χ0v) is 13.5. The van der Waals surface area contributed by atoms with Gasteiger partial charge in [-0.1, -0.05) is 28.1 Å². The van der Waals surface area contributed by atoms with Crippen molar-refractivity contribution in [3.63, 3.8) is 0 Å². The molecule has 7 heteroatoms. The average molecular weight is 374 g/mol. The smallest absolute Gasteiger partial charge is 0.320 e. The molecule has 3 rings (SSSR count). The molecule has 4 amide bonds. The Balaban J connectivity index is 1.61. The zero-order valence-electron chi connectivity index (χ0n) is 11.9. The molecule has 0 bridgehead atoms. The summed E-state index contributed by atoms with van der Waals surface area (Å²) in [6.45, 7) is -0.186. The quantitative estimate of drug-likeness (QED) is 0.811. The summed E-state index contributed by atoms with van der Waals surface area (Å²) in [6.07, 6.45) is 0. The molecule has 2 aromatic rings. The van der Waals surface area contributed by atoms with Crippen molar-refractivity contribution in [1.29, 1.82) is 0 Å². The molecule has 2 aromatic carbocycles. The molecule has 0 spiro atoms. The van der Waals surface area contributed by atoms with Crippen molar-refractivity contribution in [3.8, 4) is 0 Å². The second-order valence-electron chi connectivity index (χ2n) is 4.88. The number of carbonyl (C=O) groups is 3. The summed E-state index contributed by atoms with van der Waals surface area (Å²) < 4.78 is 0.898. The van der Waals surface area contributed by atoms with Crippen LogP contribution in [-0.4, -0.2) is 29.4 Å². The van der Waals surface area contributed by atoms with Gasteiger partial charge in [-0.2, -0.15) is 0 Å². The number of hydrogen-bond donors (Lipinski definition) is 2. The number of nitrogens with zero attached hydrogens (tertiary/aromatic N) is 1. The minimum Gasteiger partial charge on any atom is -0.320 e. The summed E-state index contributed by atoms with van der Waals surface area (Å²) in [5.74, 6) is -0.816. The fourth-order valence-corrected chi connectivity index (χ4v) is 2.51. The molecule has 1 aliphatic heterocycles. The van der Waals surface area contributed by atoms with Crippen molar-refractivity contribution in [3.05, 3.63) is 64.1 Å². The summed E-state index contributed by atoms with van der Waals surface area (Å²) in [6, 6.07) is 13.1. The lowest BCUT2D eigenvalue weighted by Gasteiger charge is -2.15. The van der Waals surface area contributed by atoms with E-state index in [1.165, 1.54) is 0 Å². The highest BCUT2D eigenvalue weighted by Gasteiger charge is 2.34. The maximum atomic E-state index is 12.1. The van der Waals surface area contributed by atoms with Gasteiger partial charge < -0.3 is 10.6 Å². The molecule has 0 radical (unpaired) electrons. The fraction of sp³-hybridized carbons (Fsp3) is 0.0625.